The molecule has 3 heteroatoms. The van der Waals surface area contributed by atoms with Crippen molar-refractivity contribution in [3.05, 3.63) is 42.0 Å². The number of amides is 1. The molecule has 0 heterocycles. The van der Waals surface area contributed by atoms with Gasteiger partial charge >= 0.3 is 0 Å². The van der Waals surface area contributed by atoms with Gasteiger partial charge in [-0.05, 0) is 32.4 Å². The van der Waals surface area contributed by atoms with E-state index in [2.05, 4.69) is 5.32 Å². The lowest BCUT2D eigenvalue weighted by Crippen LogP contribution is -2.23. The number of nitrogens with two attached hydrogens (primary N) is 1. The molecule has 0 bridgehead atoms. The summed E-state index contributed by atoms with van der Waals surface area (Å²) in [5.41, 5.74) is 6.99. The number of likely N-dealkylation sites (N-methyl/N-ethyl adjacent to an activating group) is 1. The number of rotatable bonds is 3. The number of hydrogen-bond donors (Lipinski definition) is 2. The van der Waals surface area contributed by atoms with Crippen molar-refractivity contribution >= 4 is 11.6 Å². The fourth-order valence-electron chi connectivity index (χ4n) is 1.15. The summed E-state index contributed by atoms with van der Waals surface area (Å²) < 4.78 is 0. The summed E-state index contributed by atoms with van der Waals surface area (Å²) in [4.78, 5) is 11.0. The minimum atomic E-state index is 0.0457. The molecule has 0 radical (unpaired) electrons. The molecule has 0 aliphatic carbocycles. The molecule has 0 saturated carbocycles. The van der Waals surface area contributed by atoms with Crippen molar-refractivity contribution in [2.45, 2.75) is 27.2 Å². The molecule has 17 heavy (non-hydrogen) atoms. The third-order valence-corrected chi connectivity index (χ3v) is 2.01. The van der Waals surface area contributed by atoms with Crippen LogP contribution in [0.5, 0.6) is 0 Å². The first-order valence-electron chi connectivity index (χ1n) is 5.87. The summed E-state index contributed by atoms with van der Waals surface area (Å²) in [7, 11) is 0. The first kappa shape index (κ1) is 15.2. The van der Waals surface area contributed by atoms with E-state index in [9.17, 15) is 4.79 Å². The maximum atomic E-state index is 11.0. The molecular weight excluding hydrogens is 212 g/mol. The van der Waals surface area contributed by atoms with Gasteiger partial charge in [0, 0.05) is 17.8 Å². The van der Waals surface area contributed by atoms with Gasteiger partial charge in [-0.3, -0.25) is 4.79 Å². The van der Waals surface area contributed by atoms with E-state index in [0.29, 0.717) is 6.54 Å². The summed E-state index contributed by atoms with van der Waals surface area (Å²) in [6.45, 7) is 6.46. The van der Waals surface area contributed by atoms with Crippen molar-refractivity contribution in [2.24, 2.45) is 0 Å². The van der Waals surface area contributed by atoms with E-state index in [0.717, 1.165) is 17.7 Å². The number of benzene rings is 1. The number of carbonyl (C=O) groups excluding carboxylic acids is 1. The Hall–Kier alpha value is -1.77. The van der Waals surface area contributed by atoms with Crippen LogP contribution < -0.4 is 11.1 Å². The second kappa shape index (κ2) is 9.46. The molecule has 0 spiro atoms. The van der Waals surface area contributed by atoms with Gasteiger partial charge < -0.3 is 11.1 Å². The summed E-state index contributed by atoms with van der Waals surface area (Å²) in [5, 5.41) is 2.72. The van der Waals surface area contributed by atoms with Gasteiger partial charge in [-0.15, -0.1) is 0 Å². The van der Waals surface area contributed by atoms with E-state index < -0.39 is 0 Å². The average molecular weight is 234 g/mol. The van der Waals surface area contributed by atoms with Crippen molar-refractivity contribution < 1.29 is 4.79 Å². The maximum Gasteiger partial charge on any atom is 0.246 e. The first-order chi connectivity index (χ1) is 8.11. The lowest BCUT2D eigenvalue weighted by molar-refractivity contribution is -0.117. The Morgan fingerprint density at radius 3 is 2.24 bits per heavy atom. The van der Waals surface area contributed by atoms with E-state index in [-0.39, 0.29) is 5.91 Å². The van der Waals surface area contributed by atoms with Crippen molar-refractivity contribution in [1.29, 1.82) is 0 Å². The molecule has 94 valence electrons. The third-order valence-electron chi connectivity index (χ3n) is 2.01. The Morgan fingerprint density at radius 2 is 1.88 bits per heavy atom. The monoisotopic (exact) mass is 234 g/mol. The zero-order valence-electron chi connectivity index (χ0n) is 10.9. The Morgan fingerprint density at radius 1 is 1.29 bits per heavy atom. The summed E-state index contributed by atoms with van der Waals surface area (Å²) in [6.07, 6.45) is 2.84. The quantitative estimate of drug-likeness (QED) is 0.624. The number of hydrogen-bond acceptors (Lipinski definition) is 2. The van der Waals surface area contributed by atoms with Crippen LogP contribution in [0.3, 0.4) is 0 Å². The van der Waals surface area contributed by atoms with Crippen LogP contribution in [0.4, 0.5) is 5.69 Å². The number of anilines is 1. The highest BCUT2D eigenvalue weighted by Gasteiger charge is 1.98. The zero-order chi connectivity index (χ0) is 13.1. The van der Waals surface area contributed by atoms with Crippen molar-refractivity contribution in [3.63, 3.8) is 0 Å². The minimum Gasteiger partial charge on any atom is -0.399 e. The van der Waals surface area contributed by atoms with E-state index in [1.165, 1.54) is 0 Å². The number of nitrogens with one attached hydrogen (secondary N) is 1. The molecule has 0 atom stereocenters. The van der Waals surface area contributed by atoms with Gasteiger partial charge in [-0.2, -0.15) is 0 Å². The van der Waals surface area contributed by atoms with E-state index in [1.807, 2.05) is 57.2 Å². The third kappa shape index (κ3) is 8.08. The summed E-state index contributed by atoms with van der Waals surface area (Å²) >= 11 is 0. The van der Waals surface area contributed by atoms with Gasteiger partial charge in [0.1, 0.15) is 0 Å². The molecule has 0 aromatic heterocycles. The van der Waals surface area contributed by atoms with E-state index in [1.54, 1.807) is 0 Å². The highest BCUT2D eigenvalue weighted by Crippen LogP contribution is 1.96. The lowest BCUT2D eigenvalue weighted by Gasteiger charge is -1.99. The summed E-state index contributed by atoms with van der Waals surface area (Å²) in [6, 6.07) is 9.49. The van der Waals surface area contributed by atoms with E-state index in [4.69, 9.17) is 5.73 Å². The van der Waals surface area contributed by atoms with Crippen LogP contribution in [0.1, 0.15) is 27.2 Å². The fraction of sp³-hybridized carbons (Fsp3) is 0.357. The van der Waals surface area contributed by atoms with Crippen molar-refractivity contribution in [3.8, 4) is 0 Å². The maximum absolute atomic E-state index is 11.0. The molecule has 0 unspecified atom stereocenters. The molecule has 3 N–H and O–H groups in total. The number of allylic oxidation sites excluding steroid dienone is 1. The Bertz CT molecular complexity index is 344. The highest BCUT2D eigenvalue weighted by molar-refractivity contribution is 5.92. The minimum absolute atomic E-state index is 0.0457. The standard InChI is InChI=1S/C8H15NO.C6H7N/c1-4-6-7(3)8(10)9-5-2;7-6-4-2-1-3-5-6/h6H,4-5H2,1-3H3,(H,9,10);1-5H,7H2. The second-order valence-electron chi connectivity index (χ2n) is 3.57. The van der Waals surface area contributed by atoms with Gasteiger partial charge in [0.15, 0.2) is 0 Å². The Balaban J connectivity index is 0.000000318. The largest absolute Gasteiger partial charge is 0.399 e. The molecule has 1 rings (SSSR count). The molecule has 1 aromatic carbocycles. The normalized spacial score (nSPS) is 10.2. The average Bonchev–Trinajstić information content (AvgIpc) is 2.31. The SMILES string of the molecule is CCC=C(C)C(=O)NCC.Nc1ccccc1. The fourth-order valence-corrected chi connectivity index (χ4v) is 1.15. The van der Waals surface area contributed by atoms with Crippen LogP contribution >= 0.6 is 0 Å². The first-order valence-corrected chi connectivity index (χ1v) is 5.87. The number of para-hydroxylation sites is 1. The molecule has 3 nitrogen and oxygen atoms in total. The van der Waals surface area contributed by atoms with E-state index >= 15 is 0 Å². The van der Waals surface area contributed by atoms with Crippen molar-refractivity contribution in [2.75, 3.05) is 12.3 Å². The molecule has 1 aromatic rings. The second-order valence-corrected chi connectivity index (χ2v) is 3.57. The van der Waals surface area contributed by atoms with Gasteiger partial charge in [-0.25, -0.2) is 0 Å². The number of carbonyl (C=O) groups is 1. The molecule has 0 aliphatic rings. The van der Waals surface area contributed by atoms with Crippen LogP contribution in [0.2, 0.25) is 0 Å². The summed E-state index contributed by atoms with van der Waals surface area (Å²) in [5.74, 6) is 0.0457. The van der Waals surface area contributed by atoms with Crippen LogP contribution in [0.25, 0.3) is 0 Å². The Labute approximate surface area is 104 Å². The molecular formula is C14H22N2O. The topological polar surface area (TPSA) is 55.1 Å². The number of nitrogen functional groups attached to an aromatic ring is 1. The zero-order valence-corrected chi connectivity index (χ0v) is 10.9. The van der Waals surface area contributed by atoms with Gasteiger partial charge in [0.2, 0.25) is 5.91 Å². The van der Waals surface area contributed by atoms with Crippen molar-refractivity contribution in [1.82, 2.24) is 5.32 Å². The van der Waals surface area contributed by atoms with Crippen LogP contribution in [0.15, 0.2) is 42.0 Å². The van der Waals surface area contributed by atoms with Gasteiger partial charge in [0.05, 0.1) is 0 Å². The lowest BCUT2D eigenvalue weighted by atomic mass is 10.2. The van der Waals surface area contributed by atoms with Crippen LogP contribution in [0, 0.1) is 0 Å². The van der Waals surface area contributed by atoms with Gasteiger partial charge in [-0.1, -0.05) is 31.2 Å². The Kier molecular flexibility index (Phi) is 8.47. The smallest absolute Gasteiger partial charge is 0.246 e. The van der Waals surface area contributed by atoms with Gasteiger partial charge in [0.25, 0.3) is 0 Å². The molecule has 0 fully saturated rings. The predicted molar refractivity (Wildman–Crippen MR) is 73.6 cm³/mol. The highest BCUT2D eigenvalue weighted by atomic mass is 16.1. The van der Waals surface area contributed by atoms with Crippen LogP contribution in [-0.2, 0) is 4.79 Å². The molecule has 0 aliphatic heterocycles. The molecule has 1 amide bonds. The van der Waals surface area contributed by atoms with Crippen LogP contribution in [-0.4, -0.2) is 12.5 Å². The molecule has 0 saturated heterocycles. The predicted octanol–water partition coefficient (Wildman–Crippen LogP) is 2.75.